The first kappa shape index (κ1) is 36.8. The maximum atomic E-state index is 5.22. The fourth-order valence-corrected chi connectivity index (χ4v) is 8.56. The van der Waals surface area contributed by atoms with Crippen molar-refractivity contribution in [3.05, 3.63) is 237 Å². The number of rotatable bonds is 8. The van der Waals surface area contributed by atoms with Crippen molar-refractivity contribution < 1.29 is 0 Å². The van der Waals surface area contributed by atoms with Crippen LogP contribution in [-0.2, 0) is 0 Å². The predicted octanol–water partition coefficient (Wildman–Crippen LogP) is 15.5. The van der Waals surface area contributed by atoms with Crippen molar-refractivity contribution >= 4 is 21.7 Å². The van der Waals surface area contributed by atoms with Gasteiger partial charge >= 0.3 is 0 Å². The third kappa shape index (κ3) is 7.12. The van der Waals surface area contributed by atoms with Gasteiger partial charge in [0, 0.05) is 38.4 Å². The Morgan fingerprint density at radius 1 is 0.242 bits per heavy atom. The van der Waals surface area contributed by atoms with Crippen LogP contribution in [0.25, 0.3) is 111 Å². The molecule has 0 spiro atoms. The molecule has 0 aliphatic rings. The maximum absolute atomic E-state index is 5.22. The third-order valence-electron chi connectivity index (χ3n) is 11.7. The van der Waals surface area contributed by atoms with Crippen LogP contribution in [0.15, 0.2) is 237 Å². The summed E-state index contributed by atoms with van der Waals surface area (Å²) in [5, 5.41) is 3.52. The number of fused-ring (bicyclic) bond motifs is 3. The van der Waals surface area contributed by atoms with E-state index in [0.29, 0.717) is 5.82 Å². The van der Waals surface area contributed by atoms with Crippen LogP contribution < -0.4 is 0 Å². The molecule has 9 aromatic carbocycles. The summed E-state index contributed by atoms with van der Waals surface area (Å²) in [6.07, 6.45) is 0. The summed E-state index contributed by atoms with van der Waals surface area (Å²) in [6.45, 7) is 0. The third-order valence-corrected chi connectivity index (χ3v) is 11.7. The van der Waals surface area contributed by atoms with E-state index in [9.17, 15) is 0 Å². The van der Waals surface area contributed by atoms with Crippen LogP contribution in [0.3, 0.4) is 0 Å². The van der Waals surface area contributed by atoms with E-state index in [-0.39, 0.29) is 0 Å². The molecule has 0 aliphatic carbocycles. The van der Waals surface area contributed by atoms with Gasteiger partial charge < -0.3 is 0 Å². The Labute approximate surface area is 361 Å². The van der Waals surface area contributed by atoms with Crippen molar-refractivity contribution in [1.82, 2.24) is 15.0 Å². The van der Waals surface area contributed by atoms with E-state index >= 15 is 0 Å². The van der Waals surface area contributed by atoms with Crippen LogP contribution in [0.1, 0.15) is 0 Å². The van der Waals surface area contributed by atoms with Crippen LogP contribution in [0.2, 0.25) is 0 Å². The largest absolute Gasteiger partial charge is 0.247 e. The summed E-state index contributed by atoms with van der Waals surface area (Å²) in [6, 6.07) is 83.4. The summed E-state index contributed by atoms with van der Waals surface area (Å²) in [7, 11) is 0. The summed E-state index contributed by atoms with van der Waals surface area (Å²) in [5.41, 5.74) is 17.1. The Kier molecular flexibility index (Phi) is 9.53. The minimum atomic E-state index is 0.688. The summed E-state index contributed by atoms with van der Waals surface area (Å²) in [5.74, 6) is 0.688. The lowest BCUT2D eigenvalue weighted by Gasteiger charge is -2.14. The molecule has 11 aromatic rings. The molecule has 2 heterocycles. The molecular formula is C59H39N3. The monoisotopic (exact) mass is 789 g/mol. The zero-order chi connectivity index (χ0) is 41.2. The molecule has 3 heteroatoms. The highest BCUT2D eigenvalue weighted by Gasteiger charge is 2.16. The number of aromatic nitrogens is 3. The minimum Gasteiger partial charge on any atom is -0.247 e. The smallest absolute Gasteiger partial charge is 0.160 e. The number of hydrogen-bond acceptors (Lipinski definition) is 3. The molecular weight excluding hydrogens is 751 g/mol. The second kappa shape index (κ2) is 16.1. The van der Waals surface area contributed by atoms with E-state index in [1.807, 2.05) is 12.1 Å². The van der Waals surface area contributed by atoms with E-state index in [2.05, 4.69) is 224 Å². The lowest BCUT2D eigenvalue weighted by atomic mass is 9.92. The van der Waals surface area contributed by atoms with Crippen molar-refractivity contribution in [3.63, 3.8) is 0 Å². The fraction of sp³-hybridized carbons (Fsp3) is 0. The molecule has 0 saturated heterocycles. The first-order chi connectivity index (χ1) is 30.7. The quantitative estimate of drug-likeness (QED) is 0.144. The Morgan fingerprint density at radius 2 is 0.677 bits per heavy atom. The lowest BCUT2D eigenvalue weighted by Crippen LogP contribution is -1.96. The molecule has 0 N–H and O–H groups in total. The van der Waals surface area contributed by atoms with Gasteiger partial charge in [0.05, 0.1) is 22.6 Å². The van der Waals surface area contributed by atoms with Crippen LogP contribution in [-0.4, -0.2) is 15.0 Å². The second-order valence-corrected chi connectivity index (χ2v) is 15.6. The average molecular weight is 790 g/mol. The van der Waals surface area contributed by atoms with Gasteiger partial charge in [0.1, 0.15) is 0 Å². The number of para-hydroxylation sites is 1. The molecule has 0 bridgehead atoms. The van der Waals surface area contributed by atoms with E-state index in [4.69, 9.17) is 15.0 Å². The second-order valence-electron chi connectivity index (χ2n) is 15.6. The summed E-state index contributed by atoms with van der Waals surface area (Å²) >= 11 is 0. The predicted molar refractivity (Wildman–Crippen MR) is 258 cm³/mol. The van der Waals surface area contributed by atoms with Crippen molar-refractivity contribution in [1.29, 1.82) is 0 Å². The summed E-state index contributed by atoms with van der Waals surface area (Å²) in [4.78, 5) is 15.6. The highest BCUT2D eigenvalue weighted by Crippen LogP contribution is 2.39. The van der Waals surface area contributed by atoms with E-state index < -0.39 is 0 Å². The van der Waals surface area contributed by atoms with E-state index in [1.54, 1.807) is 0 Å². The minimum absolute atomic E-state index is 0.688. The Balaban J connectivity index is 0.957. The Morgan fingerprint density at radius 3 is 1.32 bits per heavy atom. The van der Waals surface area contributed by atoms with Gasteiger partial charge in [-0.1, -0.05) is 212 Å². The molecule has 0 fully saturated rings. The zero-order valence-electron chi connectivity index (χ0n) is 33.9. The molecule has 0 unspecified atom stereocenters. The fourth-order valence-electron chi connectivity index (χ4n) is 8.56. The van der Waals surface area contributed by atoms with Gasteiger partial charge in [-0.05, 0) is 68.8 Å². The standard InChI is InChI=1S/C59H39N3/c1-4-15-40(16-5-1)47-21-12-23-49(37-47)56-39-55(61-59(62-56)50-24-13-22-48(38-50)41-17-6-2-7-18-41)45-35-31-43(32-36-45)42-29-33-44(34-30-42)51-26-14-27-53-57(51)52-25-10-11-28-54(52)60-58(53)46-19-8-3-9-20-46/h1-39H. The molecule has 0 saturated carbocycles. The van der Waals surface area contributed by atoms with Crippen LogP contribution in [0.5, 0.6) is 0 Å². The van der Waals surface area contributed by atoms with E-state index in [0.717, 1.165) is 83.4 Å². The van der Waals surface area contributed by atoms with Gasteiger partial charge in [-0.3, -0.25) is 0 Å². The summed E-state index contributed by atoms with van der Waals surface area (Å²) < 4.78 is 0. The Bertz CT molecular complexity index is 3260. The van der Waals surface area contributed by atoms with Crippen LogP contribution in [0.4, 0.5) is 0 Å². The molecule has 62 heavy (non-hydrogen) atoms. The number of pyridine rings is 1. The maximum Gasteiger partial charge on any atom is 0.160 e. The normalized spacial score (nSPS) is 11.2. The van der Waals surface area contributed by atoms with E-state index in [1.165, 1.54) is 22.1 Å². The molecule has 0 radical (unpaired) electrons. The van der Waals surface area contributed by atoms with Crippen molar-refractivity contribution in [2.24, 2.45) is 0 Å². The SMILES string of the molecule is c1ccc(-c2cccc(-c3cc(-c4ccc(-c5ccc(-c6cccc7c(-c8ccccc8)nc8ccccc8c67)cc5)cc4)nc(-c4cccc(-c5ccccc5)c4)n3)c2)cc1. The highest BCUT2D eigenvalue weighted by atomic mass is 14.9. The number of nitrogens with zero attached hydrogens (tertiary/aromatic N) is 3. The molecule has 0 aliphatic heterocycles. The molecule has 0 amide bonds. The first-order valence-electron chi connectivity index (χ1n) is 21.0. The van der Waals surface area contributed by atoms with Crippen molar-refractivity contribution in [2.75, 3.05) is 0 Å². The average Bonchev–Trinajstić information content (AvgIpc) is 3.37. The van der Waals surface area contributed by atoms with Gasteiger partial charge in [-0.25, -0.2) is 15.0 Å². The molecule has 2 aromatic heterocycles. The van der Waals surface area contributed by atoms with Gasteiger partial charge in [0.2, 0.25) is 0 Å². The molecule has 3 nitrogen and oxygen atoms in total. The van der Waals surface area contributed by atoms with Gasteiger partial charge in [-0.15, -0.1) is 0 Å². The first-order valence-corrected chi connectivity index (χ1v) is 21.0. The van der Waals surface area contributed by atoms with Gasteiger partial charge in [0.25, 0.3) is 0 Å². The molecule has 11 rings (SSSR count). The number of hydrogen-bond donors (Lipinski definition) is 0. The van der Waals surface area contributed by atoms with Crippen LogP contribution >= 0.6 is 0 Å². The highest BCUT2D eigenvalue weighted by molar-refractivity contribution is 6.17. The molecule has 0 atom stereocenters. The number of benzene rings is 9. The van der Waals surface area contributed by atoms with Gasteiger partial charge in [0.15, 0.2) is 5.82 Å². The van der Waals surface area contributed by atoms with Crippen LogP contribution in [0, 0.1) is 0 Å². The Hall–Kier alpha value is -8.27. The molecule has 290 valence electrons. The van der Waals surface area contributed by atoms with Crippen molar-refractivity contribution in [2.45, 2.75) is 0 Å². The van der Waals surface area contributed by atoms with Crippen molar-refractivity contribution in [3.8, 4) is 89.7 Å². The zero-order valence-corrected chi connectivity index (χ0v) is 33.9. The van der Waals surface area contributed by atoms with Gasteiger partial charge in [-0.2, -0.15) is 0 Å². The topological polar surface area (TPSA) is 38.7 Å². The lowest BCUT2D eigenvalue weighted by molar-refractivity contribution is 1.18.